The highest BCUT2D eigenvalue weighted by molar-refractivity contribution is 6.31. The Bertz CT molecular complexity index is 474. The third-order valence-electron chi connectivity index (χ3n) is 4.17. The van der Waals surface area contributed by atoms with Crippen LogP contribution >= 0.6 is 11.6 Å². The van der Waals surface area contributed by atoms with Crippen molar-refractivity contribution in [1.29, 1.82) is 0 Å². The first-order chi connectivity index (χ1) is 9.78. The lowest BCUT2D eigenvalue weighted by atomic mass is 9.84. The van der Waals surface area contributed by atoms with Crippen LogP contribution in [0.1, 0.15) is 51.6 Å². The van der Waals surface area contributed by atoms with E-state index in [1.165, 1.54) is 0 Å². The van der Waals surface area contributed by atoms with E-state index in [4.69, 9.17) is 17.3 Å². The highest BCUT2D eigenvalue weighted by Gasteiger charge is 2.23. The summed E-state index contributed by atoms with van der Waals surface area (Å²) >= 11 is 6.21. The van der Waals surface area contributed by atoms with Crippen molar-refractivity contribution in [3.63, 3.8) is 0 Å². The lowest BCUT2D eigenvalue weighted by molar-refractivity contribution is -0.132. The van der Waals surface area contributed by atoms with Gasteiger partial charge in [0.25, 0.3) is 0 Å². The summed E-state index contributed by atoms with van der Waals surface area (Å²) in [7, 11) is 1.84. The maximum absolute atomic E-state index is 12.4. The highest BCUT2D eigenvalue weighted by atomic mass is 35.5. The summed E-state index contributed by atoms with van der Waals surface area (Å²) in [4.78, 5) is 14.1. The van der Waals surface area contributed by atoms with E-state index in [-0.39, 0.29) is 17.4 Å². The fourth-order valence-electron chi connectivity index (χ4n) is 2.38. The average molecular weight is 311 g/mol. The Labute approximate surface area is 133 Å². The first kappa shape index (κ1) is 18.0. The van der Waals surface area contributed by atoms with Gasteiger partial charge in [0.2, 0.25) is 5.91 Å². The van der Waals surface area contributed by atoms with Crippen LogP contribution in [-0.4, -0.2) is 24.4 Å². The van der Waals surface area contributed by atoms with Gasteiger partial charge in [-0.25, -0.2) is 0 Å². The van der Waals surface area contributed by atoms with Crippen LogP contribution in [0.4, 0.5) is 0 Å². The molecule has 1 unspecified atom stereocenters. The molecule has 0 saturated carbocycles. The summed E-state index contributed by atoms with van der Waals surface area (Å²) in [5.74, 6) is 0.146. The van der Waals surface area contributed by atoms with Crippen molar-refractivity contribution < 1.29 is 4.79 Å². The maximum Gasteiger partial charge on any atom is 0.222 e. The minimum atomic E-state index is -0.0242. The molecular formula is C17H27ClN2O. The molecule has 21 heavy (non-hydrogen) atoms. The fraction of sp³-hybridized carbons (Fsp3) is 0.588. The van der Waals surface area contributed by atoms with E-state index in [9.17, 15) is 4.79 Å². The van der Waals surface area contributed by atoms with E-state index >= 15 is 0 Å². The molecule has 0 aliphatic rings. The Morgan fingerprint density at radius 2 is 1.95 bits per heavy atom. The quantitative estimate of drug-likeness (QED) is 0.827. The molecule has 0 aliphatic carbocycles. The molecule has 2 N–H and O–H groups in total. The van der Waals surface area contributed by atoms with Crippen molar-refractivity contribution in [2.75, 3.05) is 13.6 Å². The van der Waals surface area contributed by atoms with E-state index < -0.39 is 0 Å². The molecule has 0 aromatic heterocycles. The number of nitrogens with two attached hydrogens (primary N) is 1. The van der Waals surface area contributed by atoms with E-state index in [0.29, 0.717) is 18.0 Å². The number of hydrogen-bond donors (Lipinski definition) is 1. The Kier molecular flexibility index (Phi) is 6.69. The monoisotopic (exact) mass is 310 g/mol. The van der Waals surface area contributed by atoms with Crippen molar-refractivity contribution >= 4 is 17.5 Å². The second-order valence-corrected chi connectivity index (χ2v) is 6.81. The third-order valence-corrected chi connectivity index (χ3v) is 4.51. The van der Waals surface area contributed by atoms with E-state index in [0.717, 1.165) is 18.4 Å². The van der Waals surface area contributed by atoms with Crippen LogP contribution in [0.2, 0.25) is 5.02 Å². The molecule has 118 valence electrons. The summed E-state index contributed by atoms with van der Waals surface area (Å²) in [6.07, 6.45) is 2.32. The molecule has 0 aliphatic heterocycles. The standard InChI is InChI=1S/C17H27ClN2O/c1-13(14-7-5-6-8-15(14)18)20(4)16(21)9-10-17(2,3)11-12-19/h5-8,13H,9-12,19H2,1-4H3. The number of hydrogen-bond acceptors (Lipinski definition) is 2. The van der Waals surface area contributed by atoms with Gasteiger partial charge in [0.05, 0.1) is 6.04 Å². The predicted molar refractivity (Wildman–Crippen MR) is 89.3 cm³/mol. The van der Waals surface area contributed by atoms with E-state index in [2.05, 4.69) is 13.8 Å². The van der Waals surface area contributed by atoms with Crippen molar-refractivity contribution in [2.24, 2.45) is 11.1 Å². The van der Waals surface area contributed by atoms with Gasteiger partial charge in [0.1, 0.15) is 0 Å². The maximum atomic E-state index is 12.4. The predicted octanol–water partition coefficient (Wildman–Crippen LogP) is 4.01. The minimum absolute atomic E-state index is 0.0242. The molecule has 1 rings (SSSR count). The van der Waals surface area contributed by atoms with Crippen LogP contribution in [0.25, 0.3) is 0 Å². The summed E-state index contributed by atoms with van der Waals surface area (Å²) in [6, 6.07) is 7.64. The molecule has 0 bridgehead atoms. The zero-order valence-electron chi connectivity index (χ0n) is 13.5. The van der Waals surface area contributed by atoms with Gasteiger partial charge in [-0.05, 0) is 43.4 Å². The Hall–Kier alpha value is -1.06. The second-order valence-electron chi connectivity index (χ2n) is 6.41. The first-order valence-electron chi connectivity index (χ1n) is 7.48. The molecule has 0 saturated heterocycles. The Morgan fingerprint density at radius 1 is 1.33 bits per heavy atom. The molecular weight excluding hydrogens is 284 g/mol. The molecule has 0 spiro atoms. The Balaban J connectivity index is 2.64. The molecule has 1 atom stereocenters. The lowest BCUT2D eigenvalue weighted by Gasteiger charge is -2.29. The third kappa shape index (κ3) is 5.33. The number of carbonyl (C=O) groups excluding carboxylic acids is 1. The van der Waals surface area contributed by atoms with Gasteiger partial charge in [-0.3, -0.25) is 4.79 Å². The smallest absolute Gasteiger partial charge is 0.222 e. The van der Waals surface area contributed by atoms with Crippen LogP contribution < -0.4 is 5.73 Å². The Morgan fingerprint density at radius 3 is 2.52 bits per heavy atom. The van der Waals surface area contributed by atoms with E-state index in [1.54, 1.807) is 4.90 Å². The number of nitrogens with zero attached hydrogens (tertiary/aromatic N) is 1. The molecule has 4 heteroatoms. The summed E-state index contributed by atoms with van der Waals surface area (Å²) in [6.45, 7) is 6.98. The highest BCUT2D eigenvalue weighted by Crippen LogP contribution is 2.29. The van der Waals surface area contributed by atoms with E-state index in [1.807, 2.05) is 38.2 Å². The van der Waals surface area contributed by atoms with Crippen LogP contribution in [0.3, 0.4) is 0 Å². The van der Waals surface area contributed by atoms with Gasteiger partial charge >= 0.3 is 0 Å². The normalized spacial score (nSPS) is 13.0. The minimum Gasteiger partial charge on any atom is -0.339 e. The largest absolute Gasteiger partial charge is 0.339 e. The lowest BCUT2D eigenvalue weighted by Crippen LogP contribution is -2.31. The number of carbonyl (C=O) groups is 1. The fourth-order valence-corrected chi connectivity index (χ4v) is 2.67. The molecule has 1 aromatic carbocycles. The average Bonchev–Trinajstić information content (AvgIpc) is 2.44. The van der Waals surface area contributed by atoms with Gasteiger partial charge in [0.15, 0.2) is 0 Å². The molecule has 0 radical (unpaired) electrons. The van der Waals surface area contributed by atoms with Gasteiger partial charge in [0, 0.05) is 18.5 Å². The number of halogens is 1. The van der Waals surface area contributed by atoms with Gasteiger partial charge in [-0.15, -0.1) is 0 Å². The molecule has 3 nitrogen and oxygen atoms in total. The van der Waals surface area contributed by atoms with Gasteiger partial charge in [-0.1, -0.05) is 43.6 Å². The van der Waals surface area contributed by atoms with Crippen molar-refractivity contribution in [1.82, 2.24) is 4.90 Å². The topological polar surface area (TPSA) is 46.3 Å². The summed E-state index contributed by atoms with van der Waals surface area (Å²) in [5.41, 5.74) is 6.70. The molecule has 1 aromatic rings. The van der Waals surface area contributed by atoms with Gasteiger partial charge in [-0.2, -0.15) is 0 Å². The summed E-state index contributed by atoms with van der Waals surface area (Å²) < 4.78 is 0. The molecule has 1 amide bonds. The zero-order chi connectivity index (χ0) is 16.0. The zero-order valence-corrected chi connectivity index (χ0v) is 14.3. The van der Waals surface area contributed by atoms with Crippen LogP contribution in [0.15, 0.2) is 24.3 Å². The summed E-state index contributed by atoms with van der Waals surface area (Å²) in [5, 5.41) is 0.702. The van der Waals surface area contributed by atoms with Crippen molar-refractivity contribution in [2.45, 2.75) is 46.1 Å². The van der Waals surface area contributed by atoms with Crippen molar-refractivity contribution in [3.05, 3.63) is 34.9 Å². The van der Waals surface area contributed by atoms with Crippen molar-refractivity contribution in [3.8, 4) is 0 Å². The SMILES string of the molecule is CC(c1ccccc1Cl)N(C)C(=O)CCC(C)(C)CCN. The van der Waals surface area contributed by atoms with Crippen LogP contribution in [-0.2, 0) is 4.79 Å². The van der Waals surface area contributed by atoms with Gasteiger partial charge < -0.3 is 10.6 Å². The molecule has 0 fully saturated rings. The number of amides is 1. The van der Waals surface area contributed by atoms with Crippen LogP contribution in [0, 0.1) is 5.41 Å². The van der Waals surface area contributed by atoms with Crippen LogP contribution in [0.5, 0.6) is 0 Å². The molecule has 0 heterocycles. The second kappa shape index (κ2) is 7.81. The first-order valence-corrected chi connectivity index (χ1v) is 7.86. The number of benzene rings is 1. The number of rotatable bonds is 7.